The van der Waals surface area contributed by atoms with Crippen LogP contribution in [0.15, 0.2) is 46.5 Å². The molecule has 2 heterocycles. The number of carbonyl (C=O) groups is 1. The van der Waals surface area contributed by atoms with Gasteiger partial charge in [-0.15, -0.1) is 11.8 Å². The van der Waals surface area contributed by atoms with Gasteiger partial charge in [-0.25, -0.2) is 13.4 Å². The Kier molecular flexibility index (Phi) is 5.88. The third-order valence-corrected chi connectivity index (χ3v) is 7.44. The van der Waals surface area contributed by atoms with Gasteiger partial charge >= 0.3 is 0 Å². The molecule has 1 saturated heterocycles. The van der Waals surface area contributed by atoms with Gasteiger partial charge in [-0.3, -0.25) is 4.79 Å². The fourth-order valence-corrected chi connectivity index (χ4v) is 5.42. The molecule has 2 aromatic rings. The standard InChI is InChI=1S/C19H23N3O3S2/c1-14-6-7-17(15(2)13-14)27(24,25)22-11-9-21(10-12-22)19(23)16-5-4-8-20-18(16)26-3/h4-8,13H,9-12H2,1-3H3. The number of hydrogen-bond acceptors (Lipinski definition) is 5. The topological polar surface area (TPSA) is 70.6 Å². The van der Waals surface area contributed by atoms with Gasteiger partial charge in [-0.2, -0.15) is 4.31 Å². The van der Waals surface area contributed by atoms with Gasteiger partial charge in [0.25, 0.3) is 5.91 Å². The first kappa shape index (κ1) is 19.9. The third kappa shape index (κ3) is 4.02. The van der Waals surface area contributed by atoms with E-state index in [1.165, 1.54) is 16.1 Å². The predicted octanol–water partition coefficient (Wildman–Crippen LogP) is 2.57. The van der Waals surface area contributed by atoms with E-state index in [1.54, 1.807) is 29.3 Å². The van der Waals surface area contributed by atoms with Crippen LogP contribution >= 0.6 is 11.8 Å². The summed E-state index contributed by atoms with van der Waals surface area (Å²) >= 11 is 1.43. The summed E-state index contributed by atoms with van der Waals surface area (Å²) in [4.78, 5) is 19.1. The number of piperazine rings is 1. The van der Waals surface area contributed by atoms with Gasteiger partial charge in [-0.1, -0.05) is 17.7 Å². The molecule has 27 heavy (non-hydrogen) atoms. The van der Waals surface area contributed by atoms with Crippen molar-refractivity contribution in [2.45, 2.75) is 23.8 Å². The van der Waals surface area contributed by atoms with Crippen LogP contribution in [0.4, 0.5) is 0 Å². The molecule has 8 heteroatoms. The molecular weight excluding hydrogens is 382 g/mol. The molecule has 0 radical (unpaired) electrons. The predicted molar refractivity (Wildman–Crippen MR) is 107 cm³/mol. The molecule has 1 aliphatic rings. The molecule has 3 rings (SSSR count). The molecule has 144 valence electrons. The number of thioether (sulfide) groups is 1. The summed E-state index contributed by atoms with van der Waals surface area (Å²) in [6, 6.07) is 8.86. The van der Waals surface area contributed by atoms with E-state index in [4.69, 9.17) is 0 Å². The van der Waals surface area contributed by atoms with Gasteiger partial charge in [0.05, 0.1) is 10.5 Å². The van der Waals surface area contributed by atoms with Crippen molar-refractivity contribution in [1.29, 1.82) is 0 Å². The fraction of sp³-hybridized carbons (Fsp3) is 0.368. The molecule has 6 nitrogen and oxygen atoms in total. The number of rotatable bonds is 4. The maximum Gasteiger partial charge on any atom is 0.256 e. The Morgan fingerprint density at radius 2 is 1.81 bits per heavy atom. The Bertz CT molecular complexity index is 952. The summed E-state index contributed by atoms with van der Waals surface area (Å²) in [5, 5.41) is 0.688. The average molecular weight is 406 g/mol. The van der Waals surface area contributed by atoms with Crippen LogP contribution in [0.1, 0.15) is 21.5 Å². The highest BCUT2D eigenvalue weighted by atomic mass is 32.2. The molecule has 0 unspecified atom stereocenters. The first-order valence-electron chi connectivity index (χ1n) is 8.70. The van der Waals surface area contributed by atoms with Crippen molar-refractivity contribution < 1.29 is 13.2 Å². The minimum atomic E-state index is -3.56. The zero-order valence-electron chi connectivity index (χ0n) is 15.7. The zero-order valence-corrected chi connectivity index (χ0v) is 17.3. The molecule has 1 aromatic carbocycles. The van der Waals surface area contributed by atoms with Crippen LogP contribution in [0, 0.1) is 13.8 Å². The number of sulfonamides is 1. The Balaban J connectivity index is 1.74. The highest BCUT2D eigenvalue weighted by Gasteiger charge is 2.31. The fourth-order valence-electron chi connectivity index (χ4n) is 3.25. The molecule has 1 aromatic heterocycles. The second-order valence-corrected chi connectivity index (χ2v) is 9.23. The molecule has 0 N–H and O–H groups in total. The van der Waals surface area contributed by atoms with Crippen LogP contribution in [-0.4, -0.2) is 60.9 Å². The second kappa shape index (κ2) is 8.00. The van der Waals surface area contributed by atoms with Gasteiger partial charge in [0.15, 0.2) is 0 Å². The molecule has 1 fully saturated rings. The maximum absolute atomic E-state index is 13.0. The van der Waals surface area contributed by atoms with Crippen LogP contribution in [0.2, 0.25) is 0 Å². The van der Waals surface area contributed by atoms with E-state index in [9.17, 15) is 13.2 Å². The van der Waals surface area contributed by atoms with Crippen molar-refractivity contribution in [2.24, 2.45) is 0 Å². The van der Waals surface area contributed by atoms with Crippen molar-refractivity contribution >= 4 is 27.7 Å². The minimum absolute atomic E-state index is 0.101. The molecule has 0 aliphatic carbocycles. The highest BCUT2D eigenvalue weighted by molar-refractivity contribution is 7.98. The number of benzene rings is 1. The Morgan fingerprint density at radius 1 is 1.11 bits per heavy atom. The van der Waals surface area contributed by atoms with E-state index in [2.05, 4.69) is 4.98 Å². The summed E-state index contributed by atoms with van der Waals surface area (Å²) in [5.74, 6) is -0.101. The smallest absolute Gasteiger partial charge is 0.256 e. The van der Waals surface area contributed by atoms with Gasteiger partial charge in [0, 0.05) is 32.4 Å². The second-order valence-electron chi connectivity index (χ2n) is 6.53. The monoisotopic (exact) mass is 405 g/mol. The molecule has 0 spiro atoms. The molecule has 1 amide bonds. The van der Waals surface area contributed by atoms with Crippen molar-refractivity contribution in [3.05, 3.63) is 53.2 Å². The number of aromatic nitrogens is 1. The molecule has 0 bridgehead atoms. The number of pyridine rings is 1. The summed E-state index contributed by atoms with van der Waals surface area (Å²) in [5.41, 5.74) is 2.34. The maximum atomic E-state index is 13.0. The van der Waals surface area contributed by atoms with Crippen LogP contribution in [-0.2, 0) is 10.0 Å². The van der Waals surface area contributed by atoms with Crippen molar-refractivity contribution in [3.8, 4) is 0 Å². The molecular formula is C19H23N3O3S2. The van der Waals surface area contributed by atoms with Crippen molar-refractivity contribution in [2.75, 3.05) is 32.4 Å². The number of nitrogens with zero attached hydrogens (tertiary/aromatic N) is 3. The van der Waals surface area contributed by atoms with Crippen LogP contribution in [0.5, 0.6) is 0 Å². The van der Waals surface area contributed by atoms with Crippen LogP contribution < -0.4 is 0 Å². The largest absolute Gasteiger partial charge is 0.336 e. The lowest BCUT2D eigenvalue weighted by molar-refractivity contribution is 0.0693. The summed E-state index contributed by atoms with van der Waals surface area (Å²) in [6.45, 7) is 5.06. The van der Waals surface area contributed by atoms with Gasteiger partial charge in [0.1, 0.15) is 5.03 Å². The Hall–Kier alpha value is -1.90. The van der Waals surface area contributed by atoms with Gasteiger partial charge < -0.3 is 4.90 Å². The SMILES string of the molecule is CSc1ncccc1C(=O)N1CCN(S(=O)(=O)c2ccc(C)cc2C)CC1. The summed E-state index contributed by atoms with van der Waals surface area (Å²) in [7, 11) is -3.56. The van der Waals surface area contributed by atoms with E-state index >= 15 is 0 Å². The number of hydrogen-bond donors (Lipinski definition) is 0. The highest BCUT2D eigenvalue weighted by Crippen LogP contribution is 2.24. The van der Waals surface area contributed by atoms with Crippen LogP contribution in [0.3, 0.4) is 0 Å². The Morgan fingerprint density at radius 3 is 2.44 bits per heavy atom. The lowest BCUT2D eigenvalue weighted by atomic mass is 10.2. The lowest BCUT2D eigenvalue weighted by Crippen LogP contribution is -2.50. The molecule has 0 atom stereocenters. The van der Waals surface area contributed by atoms with E-state index in [-0.39, 0.29) is 19.0 Å². The average Bonchev–Trinajstić information content (AvgIpc) is 2.67. The first-order valence-corrected chi connectivity index (χ1v) is 11.4. The van der Waals surface area contributed by atoms with Crippen molar-refractivity contribution in [3.63, 3.8) is 0 Å². The normalized spacial score (nSPS) is 15.7. The summed E-state index contributed by atoms with van der Waals surface area (Å²) < 4.78 is 27.4. The molecule has 1 aliphatic heterocycles. The van der Waals surface area contributed by atoms with E-state index in [0.29, 0.717) is 28.6 Å². The quantitative estimate of drug-likeness (QED) is 0.731. The van der Waals surface area contributed by atoms with E-state index in [0.717, 1.165) is 11.1 Å². The number of amides is 1. The summed E-state index contributed by atoms with van der Waals surface area (Å²) in [6.07, 6.45) is 3.55. The lowest BCUT2D eigenvalue weighted by Gasteiger charge is -2.34. The minimum Gasteiger partial charge on any atom is -0.336 e. The third-order valence-electron chi connectivity index (χ3n) is 4.67. The van der Waals surface area contributed by atoms with E-state index in [1.807, 2.05) is 32.2 Å². The zero-order chi connectivity index (χ0) is 19.6. The Labute approximate surface area is 164 Å². The number of carbonyl (C=O) groups excluding carboxylic acids is 1. The van der Waals surface area contributed by atoms with Gasteiger partial charge in [-0.05, 0) is 43.9 Å². The first-order chi connectivity index (χ1) is 12.8. The van der Waals surface area contributed by atoms with Crippen LogP contribution in [0.25, 0.3) is 0 Å². The van der Waals surface area contributed by atoms with Gasteiger partial charge in [0.2, 0.25) is 10.0 Å². The van der Waals surface area contributed by atoms with E-state index < -0.39 is 10.0 Å². The molecule has 0 saturated carbocycles. The number of aryl methyl sites for hydroxylation is 2. The van der Waals surface area contributed by atoms with Crippen molar-refractivity contribution in [1.82, 2.24) is 14.2 Å².